The summed E-state index contributed by atoms with van der Waals surface area (Å²) in [6, 6.07) is 4.69. The van der Waals surface area contributed by atoms with E-state index in [9.17, 15) is 30.4 Å². The average molecular weight is 437 g/mol. The minimum atomic E-state index is -4.88. The maximum atomic E-state index is 12.9. The standard InChI is InChI=1S/C17H22F2N2O5S2/c18-17(19)28(25,26)15-4-2-1-3-14(15)16(22)20-12-5-8-21(9-6-12)13-7-10-27(23,24)11-13/h1-4,12-13,17H,5-11H2,(H,20,22)/t13-/m1/s1. The van der Waals surface area contributed by atoms with E-state index in [0.717, 1.165) is 6.07 Å². The number of amides is 1. The molecular formula is C17H22F2N2O5S2. The lowest BCUT2D eigenvalue weighted by atomic mass is 10.0. The number of sulfone groups is 2. The number of piperidine rings is 1. The third-order valence-electron chi connectivity index (χ3n) is 5.26. The molecule has 11 heteroatoms. The molecule has 7 nitrogen and oxygen atoms in total. The largest absolute Gasteiger partial charge is 0.349 e. The topological polar surface area (TPSA) is 101 Å². The minimum absolute atomic E-state index is 0.00133. The van der Waals surface area contributed by atoms with Crippen molar-refractivity contribution in [3.63, 3.8) is 0 Å². The first-order valence-electron chi connectivity index (χ1n) is 8.96. The van der Waals surface area contributed by atoms with Gasteiger partial charge in [-0.05, 0) is 31.4 Å². The predicted molar refractivity (Wildman–Crippen MR) is 98.8 cm³/mol. The highest BCUT2D eigenvalue weighted by Gasteiger charge is 2.35. The molecular weight excluding hydrogens is 414 g/mol. The van der Waals surface area contributed by atoms with E-state index in [1.165, 1.54) is 18.2 Å². The fourth-order valence-electron chi connectivity index (χ4n) is 3.73. The van der Waals surface area contributed by atoms with Gasteiger partial charge in [-0.15, -0.1) is 0 Å². The van der Waals surface area contributed by atoms with Gasteiger partial charge >= 0.3 is 5.76 Å². The molecule has 1 N–H and O–H groups in total. The zero-order valence-corrected chi connectivity index (χ0v) is 16.7. The Morgan fingerprint density at radius 1 is 1.14 bits per heavy atom. The van der Waals surface area contributed by atoms with Crippen LogP contribution in [-0.4, -0.2) is 70.1 Å². The first-order valence-corrected chi connectivity index (χ1v) is 12.3. The van der Waals surface area contributed by atoms with Crippen LogP contribution in [0.5, 0.6) is 0 Å². The number of rotatable bonds is 5. The molecule has 0 aromatic heterocycles. The summed E-state index contributed by atoms with van der Waals surface area (Å²) in [6.45, 7) is 1.23. The molecule has 2 saturated heterocycles. The molecule has 2 fully saturated rings. The molecule has 156 valence electrons. The van der Waals surface area contributed by atoms with Gasteiger partial charge in [0.2, 0.25) is 9.84 Å². The molecule has 1 atom stereocenters. The second-order valence-electron chi connectivity index (χ2n) is 7.14. The molecule has 1 amide bonds. The molecule has 0 saturated carbocycles. The summed E-state index contributed by atoms with van der Waals surface area (Å²) in [6.07, 6.45) is 1.76. The zero-order chi connectivity index (χ0) is 20.5. The molecule has 3 rings (SSSR count). The van der Waals surface area contributed by atoms with Crippen LogP contribution in [0.4, 0.5) is 8.78 Å². The fourth-order valence-corrected chi connectivity index (χ4v) is 6.42. The number of benzene rings is 1. The van der Waals surface area contributed by atoms with Crippen LogP contribution in [0.1, 0.15) is 29.6 Å². The lowest BCUT2D eigenvalue weighted by Crippen LogP contribution is -2.48. The van der Waals surface area contributed by atoms with Gasteiger partial charge in [0.25, 0.3) is 5.91 Å². The van der Waals surface area contributed by atoms with Gasteiger partial charge in [0, 0.05) is 25.2 Å². The lowest BCUT2D eigenvalue weighted by molar-refractivity contribution is 0.0894. The highest BCUT2D eigenvalue weighted by Crippen LogP contribution is 2.24. The van der Waals surface area contributed by atoms with Crippen LogP contribution >= 0.6 is 0 Å². The molecule has 2 aliphatic rings. The highest BCUT2D eigenvalue weighted by atomic mass is 32.2. The Balaban J connectivity index is 1.63. The van der Waals surface area contributed by atoms with Crippen molar-refractivity contribution in [2.45, 2.75) is 42.0 Å². The van der Waals surface area contributed by atoms with Crippen LogP contribution in [0, 0.1) is 0 Å². The maximum Gasteiger partial charge on any atom is 0.341 e. The van der Waals surface area contributed by atoms with E-state index in [-0.39, 0.29) is 29.2 Å². The number of alkyl halides is 2. The molecule has 0 bridgehead atoms. The second-order valence-corrected chi connectivity index (χ2v) is 11.3. The van der Waals surface area contributed by atoms with E-state index >= 15 is 0 Å². The third-order valence-corrected chi connectivity index (χ3v) is 8.45. The van der Waals surface area contributed by atoms with E-state index in [2.05, 4.69) is 10.2 Å². The van der Waals surface area contributed by atoms with Crippen molar-refractivity contribution in [2.24, 2.45) is 0 Å². The van der Waals surface area contributed by atoms with Gasteiger partial charge in [-0.2, -0.15) is 8.78 Å². The summed E-state index contributed by atoms with van der Waals surface area (Å²) in [5.74, 6) is -3.96. The van der Waals surface area contributed by atoms with Crippen LogP contribution in [0.25, 0.3) is 0 Å². The molecule has 2 heterocycles. The Hall–Kier alpha value is -1.59. The second kappa shape index (κ2) is 8.03. The van der Waals surface area contributed by atoms with Gasteiger partial charge in [-0.3, -0.25) is 9.69 Å². The van der Waals surface area contributed by atoms with Gasteiger partial charge in [0.15, 0.2) is 9.84 Å². The van der Waals surface area contributed by atoms with Crippen molar-refractivity contribution in [3.05, 3.63) is 29.8 Å². The molecule has 1 aromatic carbocycles. The van der Waals surface area contributed by atoms with Crippen molar-refractivity contribution in [3.8, 4) is 0 Å². The third kappa shape index (κ3) is 4.52. The van der Waals surface area contributed by atoms with E-state index in [0.29, 0.717) is 32.4 Å². The summed E-state index contributed by atoms with van der Waals surface area (Å²) in [5, 5.41) is 2.72. The first-order chi connectivity index (χ1) is 13.1. The fraction of sp³-hybridized carbons (Fsp3) is 0.588. The van der Waals surface area contributed by atoms with Gasteiger partial charge in [0.05, 0.1) is 22.0 Å². The number of hydrogen-bond donors (Lipinski definition) is 1. The normalized spacial score (nSPS) is 23.8. The Bertz CT molecular complexity index is 942. The Labute approximate surface area is 162 Å². The summed E-state index contributed by atoms with van der Waals surface area (Å²) in [7, 11) is -7.85. The Morgan fingerprint density at radius 2 is 1.79 bits per heavy atom. The highest BCUT2D eigenvalue weighted by molar-refractivity contribution is 7.92. The van der Waals surface area contributed by atoms with Crippen LogP contribution in [0.15, 0.2) is 29.2 Å². The van der Waals surface area contributed by atoms with Crippen molar-refractivity contribution in [1.82, 2.24) is 10.2 Å². The van der Waals surface area contributed by atoms with E-state index in [1.807, 2.05) is 0 Å². The van der Waals surface area contributed by atoms with Crippen LogP contribution in [0.2, 0.25) is 0 Å². The molecule has 0 radical (unpaired) electrons. The lowest BCUT2D eigenvalue weighted by Gasteiger charge is -2.35. The average Bonchev–Trinajstić information content (AvgIpc) is 3.02. The quantitative estimate of drug-likeness (QED) is 0.741. The van der Waals surface area contributed by atoms with Crippen LogP contribution in [0.3, 0.4) is 0 Å². The molecule has 0 aliphatic carbocycles. The number of halogens is 2. The predicted octanol–water partition coefficient (Wildman–Crippen LogP) is 1.06. The Kier molecular flexibility index (Phi) is 6.06. The monoisotopic (exact) mass is 436 g/mol. The number of carbonyl (C=O) groups is 1. The van der Waals surface area contributed by atoms with E-state index in [1.54, 1.807) is 0 Å². The van der Waals surface area contributed by atoms with Gasteiger partial charge in [-0.1, -0.05) is 12.1 Å². The number of likely N-dealkylation sites (tertiary alicyclic amines) is 1. The molecule has 0 spiro atoms. The van der Waals surface area contributed by atoms with Crippen LogP contribution in [-0.2, 0) is 19.7 Å². The maximum absolute atomic E-state index is 12.9. The van der Waals surface area contributed by atoms with Crippen molar-refractivity contribution in [2.75, 3.05) is 24.6 Å². The molecule has 1 aromatic rings. The number of nitrogens with zero attached hydrogens (tertiary/aromatic N) is 1. The summed E-state index contributed by atoms with van der Waals surface area (Å²) in [4.78, 5) is 13.9. The molecule has 0 unspecified atom stereocenters. The number of nitrogens with one attached hydrogen (secondary N) is 1. The number of hydrogen-bond acceptors (Lipinski definition) is 6. The summed E-state index contributed by atoms with van der Waals surface area (Å²) in [5.41, 5.74) is -0.299. The van der Waals surface area contributed by atoms with Crippen molar-refractivity contribution in [1.29, 1.82) is 0 Å². The minimum Gasteiger partial charge on any atom is -0.349 e. The van der Waals surface area contributed by atoms with Crippen molar-refractivity contribution < 1.29 is 30.4 Å². The van der Waals surface area contributed by atoms with Crippen molar-refractivity contribution >= 4 is 25.6 Å². The SMILES string of the molecule is O=C(NC1CCN([C@@H]2CCS(=O)(=O)C2)CC1)c1ccccc1S(=O)(=O)C(F)F. The smallest absolute Gasteiger partial charge is 0.341 e. The summed E-state index contributed by atoms with van der Waals surface area (Å²) >= 11 is 0. The van der Waals surface area contributed by atoms with E-state index in [4.69, 9.17) is 0 Å². The summed E-state index contributed by atoms with van der Waals surface area (Å²) < 4.78 is 72.6. The molecule has 2 aliphatic heterocycles. The van der Waals surface area contributed by atoms with Crippen LogP contribution < -0.4 is 5.32 Å². The molecule has 28 heavy (non-hydrogen) atoms. The van der Waals surface area contributed by atoms with E-state index < -0.39 is 36.2 Å². The Morgan fingerprint density at radius 3 is 2.36 bits per heavy atom. The first kappa shape index (κ1) is 21.1. The number of carbonyl (C=O) groups excluding carboxylic acids is 1. The zero-order valence-electron chi connectivity index (χ0n) is 15.1. The van der Waals surface area contributed by atoms with Gasteiger partial charge < -0.3 is 5.32 Å². The van der Waals surface area contributed by atoms with Gasteiger partial charge in [-0.25, -0.2) is 16.8 Å². The van der Waals surface area contributed by atoms with Gasteiger partial charge in [0.1, 0.15) is 0 Å².